The zero-order chi connectivity index (χ0) is 13.3. The Morgan fingerprint density at radius 2 is 2.33 bits per heavy atom. The van der Waals surface area contributed by atoms with Gasteiger partial charge in [-0.3, -0.25) is 4.79 Å². The highest BCUT2D eigenvalue weighted by Crippen LogP contribution is 2.27. The standard InChI is InChI=1S/C10H14N2O4S2/c1-7-11-5-9(17-7)18(14,15)12-4-3-8(6-12)10(13)16-2/h5,8H,3-4,6H2,1-2H3. The van der Waals surface area contributed by atoms with Gasteiger partial charge in [-0.2, -0.15) is 4.31 Å². The summed E-state index contributed by atoms with van der Waals surface area (Å²) < 4.78 is 30.7. The highest BCUT2D eigenvalue weighted by atomic mass is 32.2. The van der Waals surface area contributed by atoms with E-state index in [1.54, 1.807) is 6.92 Å². The fraction of sp³-hybridized carbons (Fsp3) is 0.600. The third kappa shape index (κ3) is 2.40. The molecule has 0 aliphatic carbocycles. The molecule has 1 aliphatic heterocycles. The Balaban J connectivity index is 2.16. The molecule has 1 saturated heterocycles. The number of aryl methyl sites for hydroxylation is 1. The van der Waals surface area contributed by atoms with Gasteiger partial charge in [0.05, 0.1) is 24.2 Å². The van der Waals surface area contributed by atoms with Crippen molar-refractivity contribution in [3.05, 3.63) is 11.2 Å². The van der Waals surface area contributed by atoms with Gasteiger partial charge in [0.15, 0.2) is 4.21 Å². The number of rotatable bonds is 3. The summed E-state index contributed by atoms with van der Waals surface area (Å²) in [6.07, 6.45) is 1.87. The summed E-state index contributed by atoms with van der Waals surface area (Å²) >= 11 is 1.14. The lowest BCUT2D eigenvalue weighted by Crippen LogP contribution is -2.29. The van der Waals surface area contributed by atoms with Crippen LogP contribution in [0.15, 0.2) is 10.4 Å². The first-order valence-corrected chi connectivity index (χ1v) is 7.71. The van der Waals surface area contributed by atoms with E-state index in [-0.39, 0.29) is 22.6 Å². The molecule has 0 saturated carbocycles. The van der Waals surface area contributed by atoms with Gasteiger partial charge in [-0.05, 0) is 13.3 Å². The molecule has 1 unspecified atom stereocenters. The van der Waals surface area contributed by atoms with Gasteiger partial charge in [0.1, 0.15) is 0 Å². The highest BCUT2D eigenvalue weighted by Gasteiger charge is 2.37. The third-order valence-electron chi connectivity index (χ3n) is 2.88. The van der Waals surface area contributed by atoms with Crippen molar-refractivity contribution in [2.24, 2.45) is 5.92 Å². The first-order valence-electron chi connectivity index (χ1n) is 5.45. The maximum Gasteiger partial charge on any atom is 0.310 e. The predicted octanol–water partition coefficient (Wildman–Crippen LogP) is 0.635. The van der Waals surface area contributed by atoms with E-state index >= 15 is 0 Å². The largest absolute Gasteiger partial charge is 0.469 e. The van der Waals surface area contributed by atoms with Gasteiger partial charge < -0.3 is 4.74 Å². The normalized spacial score (nSPS) is 21.1. The average Bonchev–Trinajstić information content (AvgIpc) is 2.96. The van der Waals surface area contributed by atoms with E-state index < -0.39 is 10.0 Å². The van der Waals surface area contributed by atoms with Crippen LogP contribution < -0.4 is 0 Å². The number of sulfonamides is 1. The molecule has 1 aliphatic rings. The van der Waals surface area contributed by atoms with E-state index in [0.29, 0.717) is 18.0 Å². The molecule has 2 heterocycles. The second kappa shape index (κ2) is 4.94. The number of thiazole rings is 1. The summed E-state index contributed by atoms with van der Waals surface area (Å²) in [4.78, 5) is 15.3. The van der Waals surface area contributed by atoms with E-state index in [4.69, 9.17) is 0 Å². The molecule has 100 valence electrons. The molecule has 18 heavy (non-hydrogen) atoms. The van der Waals surface area contributed by atoms with E-state index in [1.807, 2.05) is 0 Å². The van der Waals surface area contributed by atoms with Gasteiger partial charge in [0.2, 0.25) is 0 Å². The minimum atomic E-state index is -3.51. The Kier molecular flexibility index (Phi) is 3.69. The number of nitrogens with zero attached hydrogens (tertiary/aromatic N) is 2. The highest BCUT2D eigenvalue weighted by molar-refractivity contribution is 7.91. The molecular formula is C10H14N2O4S2. The molecule has 0 bridgehead atoms. The van der Waals surface area contributed by atoms with Gasteiger partial charge in [0.25, 0.3) is 10.0 Å². The van der Waals surface area contributed by atoms with Gasteiger partial charge >= 0.3 is 5.97 Å². The number of aromatic nitrogens is 1. The van der Waals surface area contributed by atoms with Crippen LogP contribution in [0.4, 0.5) is 0 Å². The zero-order valence-electron chi connectivity index (χ0n) is 10.1. The molecule has 0 radical (unpaired) electrons. The summed E-state index contributed by atoms with van der Waals surface area (Å²) in [5.41, 5.74) is 0. The number of carbonyl (C=O) groups is 1. The Bertz CT molecular complexity index is 552. The Morgan fingerprint density at radius 1 is 1.61 bits per heavy atom. The Labute approximate surface area is 110 Å². The number of methoxy groups -OCH3 is 1. The van der Waals surface area contributed by atoms with E-state index in [2.05, 4.69) is 9.72 Å². The van der Waals surface area contributed by atoms with Crippen LogP contribution >= 0.6 is 11.3 Å². The summed E-state index contributed by atoms with van der Waals surface area (Å²) in [6, 6.07) is 0. The van der Waals surface area contributed by atoms with Gasteiger partial charge in [0, 0.05) is 13.1 Å². The molecule has 0 amide bonds. The van der Waals surface area contributed by atoms with Gasteiger partial charge in [-0.1, -0.05) is 0 Å². The zero-order valence-corrected chi connectivity index (χ0v) is 11.8. The summed E-state index contributed by atoms with van der Waals surface area (Å²) in [5.74, 6) is -0.716. The lowest BCUT2D eigenvalue weighted by atomic mass is 10.1. The molecule has 6 nitrogen and oxygen atoms in total. The third-order valence-corrected chi connectivity index (χ3v) is 6.09. The molecule has 8 heteroatoms. The molecule has 1 aromatic heterocycles. The van der Waals surface area contributed by atoms with Crippen LogP contribution in [0.2, 0.25) is 0 Å². The van der Waals surface area contributed by atoms with Crippen molar-refractivity contribution >= 4 is 27.3 Å². The smallest absolute Gasteiger partial charge is 0.310 e. The Morgan fingerprint density at radius 3 is 2.89 bits per heavy atom. The summed E-state index contributed by atoms with van der Waals surface area (Å²) in [6.45, 7) is 2.29. The number of hydrogen-bond donors (Lipinski definition) is 0. The first kappa shape index (κ1) is 13.4. The molecule has 1 aromatic rings. The Hall–Kier alpha value is -0.990. The summed E-state index contributed by atoms with van der Waals surface area (Å²) in [7, 11) is -2.20. The maximum absolute atomic E-state index is 12.2. The summed E-state index contributed by atoms with van der Waals surface area (Å²) in [5, 5.41) is 0.706. The maximum atomic E-state index is 12.2. The van der Waals surface area contributed by atoms with Crippen molar-refractivity contribution in [2.45, 2.75) is 17.6 Å². The predicted molar refractivity (Wildman–Crippen MR) is 65.7 cm³/mol. The number of ether oxygens (including phenoxy) is 1. The number of carbonyl (C=O) groups excluding carboxylic acids is 1. The van der Waals surface area contributed by atoms with Crippen LogP contribution in [0, 0.1) is 12.8 Å². The fourth-order valence-electron chi connectivity index (χ4n) is 1.89. The minimum Gasteiger partial charge on any atom is -0.469 e. The van der Waals surface area contributed by atoms with Crippen LogP contribution in [-0.2, 0) is 19.6 Å². The minimum absolute atomic E-state index is 0.186. The second-order valence-corrected chi connectivity index (χ2v) is 7.47. The first-order chi connectivity index (χ1) is 8.45. The molecule has 1 fully saturated rings. The topological polar surface area (TPSA) is 76.6 Å². The number of esters is 1. The molecule has 0 aromatic carbocycles. The van der Waals surface area contributed by atoms with Crippen molar-refractivity contribution in [2.75, 3.05) is 20.2 Å². The van der Waals surface area contributed by atoms with Crippen molar-refractivity contribution in [3.63, 3.8) is 0 Å². The van der Waals surface area contributed by atoms with E-state index in [0.717, 1.165) is 11.3 Å². The van der Waals surface area contributed by atoms with Crippen molar-refractivity contribution in [1.29, 1.82) is 0 Å². The van der Waals surface area contributed by atoms with E-state index in [9.17, 15) is 13.2 Å². The molecule has 0 spiro atoms. The van der Waals surface area contributed by atoms with Gasteiger partial charge in [-0.25, -0.2) is 13.4 Å². The lowest BCUT2D eigenvalue weighted by Gasteiger charge is -2.14. The van der Waals surface area contributed by atoms with Crippen molar-refractivity contribution < 1.29 is 17.9 Å². The SMILES string of the molecule is COC(=O)C1CCN(S(=O)(=O)c2cnc(C)s2)C1. The second-order valence-electron chi connectivity index (χ2n) is 4.07. The van der Waals surface area contributed by atoms with Crippen molar-refractivity contribution in [1.82, 2.24) is 9.29 Å². The van der Waals surface area contributed by atoms with Crippen LogP contribution in [0.3, 0.4) is 0 Å². The average molecular weight is 290 g/mol. The van der Waals surface area contributed by atoms with Crippen molar-refractivity contribution in [3.8, 4) is 0 Å². The van der Waals surface area contributed by atoms with Gasteiger partial charge in [-0.15, -0.1) is 11.3 Å². The van der Waals surface area contributed by atoms with Crippen LogP contribution in [0.5, 0.6) is 0 Å². The van der Waals surface area contributed by atoms with E-state index in [1.165, 1.54) is 17.6 Å². The monoisotopic (exact) mass is 290 g/mol. The lowest BCUT2D eigenvalue weighted by molar-refractivity contribution is -0.144. The van der Waals surface area contributed by atoms with Crippen LogP contribution in [-0.4, -0.2) is 43.9 Å². The molecule has 0 N–H and O–H groups in total. The quantitative estimate of drug-likeness (QED) is 0.763. The fourth-order valence-corrected chi connectivity index (χ4v) is 4.66. The molecule has 1 atom stereocenters. The molecule has 2 rings (SSSR count). The number of hydrogen-bond acceptors (Lipinski definition) is 6. The van der Waals surface area contributed by atoms with Crippen LogP contribution in [0.25, 0.3) is 0 Å². The molecular weight excluding hydrogens is 276 g/mol. The van der Waals surface area contributed by atoms with Crippen LogP contribution in [0.1, 0.15) is 11.4 Å².